The second-order valence-corrected chi connectivity index (χ2v) is 7.74. The molecule has 3 amide bonds. The molecule has 1 fully saturated rings. The van der Waals surface area contributed by atoms with Crippen LogP contribution >= 0.6 is 11.6 Å². The number of primary amides is 1. The molecule has 3 rings (SSSR count). The average Bonchev–Trinajstić information content (AvgIpc) is 3.20. The van der Waals surface area contributed by atoms with Crippen molar-refractivity contribution in [2.45, 2.75) is 38.6 Å². The van der Waals surface area contributed by atoms with Crippen molar-refractivity contribution in [1.29, 1.82) is 0 Å². The molecule has 1 aromatic heterocycles. The average molecular weight is 432 g/mol. The summed E-state index contributed by atoms with van der Waals surface area (Å²) in [7, 11) is 1.47. The van der Waals surface area contributed by atoms with Crippen LogP contribution in [0.25, 0.3) is 0 Å². The molecule has 0 bridgehead atoms. The predicted molar refractivity (Wildman–Crippen MR) is 115 cm³/mol. The lowest BCUT2D eigenvalue weighted by atomic mass is 9.84. The number of nitrogens with one attached hydrogen (secondary N) is 1. The first-order chi connectivity index (χ1) is 14.4. The number of amides is 3. The summed E-state index contributed by atoms with van der Waals surface area (Å²) >= 11 is 6.29. The Kier molecular flexibility index (Phi) is 6.77. The highest BCUT2D eigenvalue weighted by atomic mass is 35.5. The van der Waals surface area contributed by atoms with Gasteiger partial charge in [-0.05, 0) is 44.7 Å². The Balaban J connectivity index is 1.74. The van der Waals surface area contributed by atoms with Gasteiger partial charge in [-0.2, -0.15) is 0 Å². The normalized spacial score (nSPS) is 18.6. The lowest BCUT2D eigenvalue weighted by Gasteiger charge is -2.33. The van der Waals surface area contributed by atoms with Gasteiger partial charge in [0.05, 0.1) is 17.0 Å². The Bertz CT molecular complexity index is 950. The maximum Gasteiger partial charge on any atom is 0.272 e. The van der Waals surface area contributed by atoms with E-state index in [0.717, 1.165) is 5.69 Å². The summed E-state index contributed by atoms with van der Waals surface area (Å²) in [5.41, 5.74) is 6.37. The fraction of sp³-hybridized carbons (Fsp3) is 0.429. The van der Waals surface area contributed by atoms with E-state index in [1.807, 2.05) is 25.1 Å². The van der Waals surface area contributed by atoms with Gasteiger partial charge >= 0.3 is 0 Å². The van der Waals surface area contributed by atoms with Crippen molar-refractivity contribution in [2.24, 2.45) is 11.7 Å². The number of carbonyl (C=O) groups is 3. The van der Waals surface area contributed by atoms with E-state index in [1.165, 1.54) is 13.4 Å². The minimum atomic E-state index is -0.694. The first kappa shape index (κ1) is 21.8. The first-order valence-corrected chi connectivity index (χ1v) is 10.4. The van der Waals surface area contributed by atoms with Crippen LogP contribution in [0.5, 0.6) is 0 Å². The van der Waals surface area contributed by atoms with Gasteiger partial charge in [-0.3, -0.25) is 14.4 Å². The van der Waals surface area contributed by atoms with Crippen molar-refractivity contribution in [1.82, 2.24) is 14.9 Å². The number of nitrogens with two attached hydrogens (primary N) is 1. The van der Waals surface area contributed by atoms with E-state index < -0.39 is 11.8 Å². The van der Waals surface area contributed by atoms with Gasteiger partial charge < -0.3 is 20.5 Å². The molecule has 2 aromatic rings. The van der Waals surface area contributed by atoms with Crippen LogP contribution in [0, 0.1) is 5.92 Å². The molecule has 8 nitrogen and oxygen atoms in total. The summed E-state index contributed by atoms with van der Waals surface area (Å²) in [4.78, 5) is 42.9. The highest BCUT2D eigenvalue weighted by Crippen LogP contribution is 2.36. The van der Waals surface area contributed by atoms with Crippen molar-refractivity contribution >= 4 is 35.0 Å². The molecule has 1 aliphatic carbocycles. The third kappa shape index (κ3) is 4.18. The van der Waals surface area contributed by atoms with Crippen LogP contribution in [0.15, 0.2) is 30.6 Å². The molecule has 1 saturated carbocycles. The van der Waals surface area contributed by atoms with Gasteiger partial charge in [-0.1, -0.05) is 23.7 Å². The topological polar surface area (TPSA) is 110 Å². The smallest absolute Gasteiger partial charge is 0.272 e. The van der Waals surface area contributed by atoms with Crippen molar-refractivity contribution in [2.75, 3.05) is 18.5 Å². The van der Waals surface area contributed by atoms with Crippen LogP contribution in [-0.4, -0.2) is 40.9 Å². The monoisotopic (exact) mass is 431 g/mol. The standard InChI is InChI=1S/C21H26ClN5O3/c1-3-26(16-7-5-4-6-15(16)22)21(30)13-8-10-14(11-9-13)27-12-25-17(20(29)24-2)18(27)19(23)28/h4-7,12-14H,3,8-11H2,1-2H3,(H2,23,28)(H,24,29). The Morgan fingerprint density at radius 3 is 2.47 bits per heavy atom. The van der Waals surface area contributed by atoms with Gasteiger partial charge in [0.1, 0.15) is 5.69 Å². The van der Waals surface area contributed by atoms with E-state index in [1.54, 1.807) is 15.5 Å². The molecule has 1 aliphatic rings. The zero-order chi connectivity index (χ0) is 21.8. The van der Waals surface area contributed by atoms with E-state index in [2.05, 4.69) is 10.3 Å². The Morgan fingerprint density at radius 1 is 1.23 bits per heavy atom. The summed E-state index contributed by atoms with van der Waals surface area (Å²) in [6.07, 6.45) is 4.17. The fourth-order valence-corrected chi connectivity index (χ4v) is 4.34. The van der Waals surface area contributed by atoms with Crippen molar-refractivity contribution in [3.63, 3.8) is 0 Å². The number of rotatable bonds is 6. The van der Waals surface area contributed by atoms with E-state index in [4.69, 9.17) is 17.3 Å². The van der Waals surface area contributed by atoms with Crippen LogP contribution in [0.1, 0.15) is 59.6 Å². The first-order valence-electron chi connectivity index (χ1n) is 10.0. The van der Waals surface area contributed by atoms with Gasteiger partial charge in [0.15, 0.2) is 5.69 Å². The van der Waals surface area contributed by atoms with Crippen molar-refractivity contribution in [3.8, 4) is 0 Å². The van der Waals surface area contributed by atoms with E-state index in [-0.39, 0.29) is 29.3 Å². The minimum absolute atomic E-state index is 0.0269. The number of anilines is 1. The molecular weight excluding hydrogens is 406 g/mol. The lowest BCUT2D eigenvalue weighted by Crippen LogP contribution is -2.38. The van der Waals surface area contributed by atoms with Gasteiger partial charge in [0.2, 0.25) is 5.91 Å². The molecule has 30 heavy (non-hydrogen) atoms. The molecule has 0 unspecified atom stereocenters. The van der Waals surface area contributed by atoms with Gasteiger partial charge in [-0.15, -0.1) is 0 Å². The number of hydrogen-bond donors (Lipinski definition) is 2. The molecule has 0 radical (unpaired) electrons. The molecule has 160 valence electrons. The molecule has 3 N–H and O–H groups in total. The van der Waals surface area contributed by atoms with Gasteiger partial charge in [0.25, 0.3) is 11.8 Å². The highest BCUT2D eigenvalue weighted by Gasteiger charge is 2.33. The Labute approximate surface area is 180 Å². The molecule has 0 saturated heterocycles. The van der Waals surface area contributed by atoms with Gasteiger partial charge in [0, 0.05) is 25.6 Å². The van der Waals surface area contributed by atoms with E-state index >= 15 is 0 Å². The molecule has 0 aliphatic heterocycles. The number of carbonyl (C=O) groups excluding carboxylic acids is 3. The van der Waals surface area contributed by atoms with Crippen LogP contribution < -0.4 is 16.0 Å². The number of hydrogen-bond acceptors (Lipinski definition) is 4. The second-order valence-electron chi connectivity index (χ2n) is 7.33. The summed E-state index contributed by atoms with van der Waals surface area (Å²) < 4.78 is 1.68. The number of para-hydroxylation sites is 1. The van der Waals surface area contributed by atoms with E-state index in [9.17, 15) is 14.4 Å². The summed E-state index contributed by atoms with van der Waals surface area (Å²) in [6, 6.07) is 7.28. The number of nitrogens with zero attached hydrogens (tertiary/aromatic N) is 3. The Morgan fingerprint density at radius 2 is 1.90 bits per heavy atom. The number of halogens is 1. The zero-order valence-corrected chi connectivity index (χ0v) is 17.9. The molecular formula is C21H26ClN5O3. The van der Waals surface area contributed by atoms with Crippen LogP contribution in [0.2, 0.25) is 5.02 Å². The third-order valence-electron chi connectivity index (χ3n) is 5.63. The van der Waals surface area contributed by atoms with E-state index in [0.29, 0.717) is 37.3 Å². The maximum absolute atomic E-state index is 13.2. The Hall–Kier alpha value is -2.87. The van der Waals surface area contributed by atoms with Crippen LogP contribution in [0.4, 0.5) is 5.69 Å². The third-order valence-corrected chi connectivity index (χ3v) is 5.95. The molecule has 1 aromatic carbocycles. The maximum atomic E-state index is 13.2. The van der Waals surface area contributed by atoms with Gasteiger partial charge in [-0.25, -0.2) is 4.98 Å². The fourth-order valence-electron chi connectivity index (χ4n) is 4.10. The largest absolute Gasteiger partial charge is 0.364 e. The lowest BCUT2D eigenvalue weighted by molar-refractivity contribution is -0.123. The molecule has 9 heteroatoms. The summed E-state index contributed by atoms with van der Waals surface area (Å²) in [6.45, 7) is 2.46. The summed E-state index contributed by atoms with van der Waals surface area (Å²) in [5, 5.41) is 3.02. The van der Waals surface area contributed by atoms with Crippen LogP contribution in [0.3, 0.4) is 0 Å². The quantitative estimate of drug-likeness (QED) is 0.732. The van der Waals surface area contributed by atoms with Crippen molar-refractivity contribution in [3.05, 3.63) is 47.0 Å². The zero-order valence-electron chi connectivity index (χ0n) is 17.1. The number of imidazole rings is 1. The minimum Gasteiger partial charge on any atom is -0.364 e. The van der Waals surface area contributed by atoms with Crippen LogP contribution in [-0.2, 0) is 4.79 Å². The highest BCUT2D eigenvalue weighted by molar-refractivity contribution is 6.33. The SMILES string of the molecule is CCN(C(=O)C1CCC(n2cnc(C(=O)NC)c2C(N)=O)CC1)c1ccccc1Cl. The van der Waals surface area contributed by atoms with Crippen molar-refractivity contribution < 1.29 is 14.4 Å². The summed E-state index contributed by atoms with van der Waals surface area (Å²) in [5.74, 6) is -1.22. The number of aromatic nitrogens is 2. The molecule has 1 heterocycles. The number of benzene rings is 1. The predicted octanol–water partition coefficient (Wildman–Crippen LogP) is 2.78. The second kappa shape index (κ2) is 9.30. The molecule has 0 atom stereocenters. The molecule has 0 spiro atoms.